The standard InChI is InChI=1S/C27H34N2O5/c1-5-28(6-2)16-11-17-29-24(20-14-15-21(34-7-3)22(18-20)33-4)23(26(31)27(29)32)25(30)19-12-9-8-10-13-19/h8-10,12-15,18,24,30H,5-7,11,16-17H2,1-4H3/b25-23-. The largest absolute Gasteiger partial charge is 0.507 e. The maximum Gasteiger partial charge on any atom is 0.295 e. The number of rotatable bonds is 11. The molecule has 0 saturated carbocycles. The molecule has 1 aliphatic rings. The Morgan fingerprint density at radius 3 is 2.35 bits per heavy atom. The molecule has 0 aliphatic carbocycles. The predicted molar refractivity (Wildman–Crippen MR) is 132 cm³/mol. The number of ether oxygens (including phenoxy) is 2. The molecule has 0 radical (unpaired) electrons. The van der Waals surface area contributed by atoms with Gasteiger partial charge in [0.15, 0.2) is 11.5 Å². The first-order chi connectivity index (χ1) is 16.5. The first kappa shape index (κ1) is 25.3. The molecule has 1 unspecified atom stereocenters. The van der Waals surface area contributed by atoms with Crippen molar-refractivity contribution in [3.8, 4) is 11.5 Å². The van der Waals surface area contributed by atoms with Crippen molar-refractivity contribution >= 4 is 17.4 Å². The minimum Gasteiger partial charge on any atom is -0.507 e. The highest BCUT2D eigenvalue weighted by molar-refractivity contribution is 6.46. The summed E-state index contributed by atoms with van der Waals surface area (Å²) in [6, 6.07) is 13.5. The molecule has 2 aromatic rings. The van der Waals surface area contributed by atoms with Gasteiger partial charge in [0.1, 0.15) is 5.76 Å². The monoisotopic (exact) mass is 466 g/mol. The maximum atomic E-state index is 13.2. The quantitative estimate of drug-likeness (QED) is 0.303. The summed E-state index contributed by atoms with van der Waals surface area (Å²) in [5.74, 6) is -0.372. The minimum atomic E-state index is -0.721. The third kappa shape index (κ3) is 5.25. The molecule has 7 heteroatoms. The van der Waals surface area contributed by atoms with Crippen LogP contribution >= 0.6 is 0 Å². The number of Topliss-reactive ketones (excluding diaryl/α,β-unsaturated/α-hetero) is 1. The molecule has 182 valence electrons. The third-order valence-corrected chi connectivity index (χ3v) is 6.16. The maximum absolute atomic E-state index is 13.2. The van der Waals surface area contributed by atoms with Gasteiger partial charge in [0.25, 0.3) is 11.7 Å². The molecule has 1 atom stereocenters. The van der Waals surface area contributed by atoms with E-state index in [1.165, 1.54) is 0 Å². The van der Waals surface area contributed by atoms with Crippen molar-refractivity contribution in [2.24, 2.45) is 0 Å². The summed E-state index contributed by atoms with van der Waals surface area (Å²) in [7, 11) is 1.55. The molecule has 1 heterocycles. The first-order valence-corrected chi connectivity index (χ1v) is 11.8. The highest BCUT2D eigenvalue weighted by atomic mass is 16.5. The summed E-state index contributed by atoms with van der Waals surface area (Å²) in [6.07, 6.45) is 0.713. The number of amides is 1. The van der Waals surface area contributed by atoms with Gasteiger partial charge in [0.05, 0.1) is 25.3 Å². The zero-order valence-corrected chi connectivity index (χ0v) is 20.4. The van der Waals surface area contributed by atoms with Crippen LogP contribution in [0.1, 0.15) is 44.4 Å². The Labute approximate surface area is 201 Å². The summed E-state index contributed by atoms with van der Waals surface area (Å²) in [4.78, 5) is 30.1. The lowest BCUT2D eigenvalue weighted by Gasteiger charge is -2.27. The zero-order valence-electron chi connectivity index (χ0n) is 20.4. The van der Waals surface area contributed by atoms with Crippen molar-refractivity contribution in [3.05, 3.63) is 65.2 Å². The molecule has 1 amide bonds. The van der Waals surface area contributed by atoms with Crippen LogP contribution in [0.2, 0.25) is 0 Å². The SMILES string of the molecule is CCOc1ccc(C2/C(=C(/O)c3ccccc3)C(=O)C(=O)N2CCCN(CC)CC)cc1OC. The van der Waals surface area contributed by atoms with Gasteiger partial charge in [-0.25, -0.2) is 0 Å². The Morgan fingerprint density at radius 2 is 1.74 bits per heavy atom. The van der Waals surface area contributed by atoms with E-state index in [0.717, 1.165) is 19.6 Å². The van der Waals surface area contributed by atoms with Gasteiger partial charge in [0.2, 0.25) is 0 Å². The van der Waals surface area contributed by atoms with Crippen LogP contribution < -0.4 is 9.47 Å². The molecule has 1 saturated heterocycles. The lowest BCUT2D eigenvalue weighted by molar-refractivity contribution is -0.140. The number of carbonyl (C=O) groups is 2. The number of aliphatic hydroxyl groups is 1. The fourth-order valence-corrected chi connectivity index (χ4v) is 4.34. The van der Waals surface area contributed by atoms with Gasteiger partial charge in [0, 0.05) is 12.1 Å². The van der Waals surface area contributed by atoms with Crippen LogP contribution in [-0.4, -0.2) is 66.5 Å². The van der Waals surface area contributed by atoms with E-state index in [0.29, 0.717) is 42.2 Å². The van der Waals surface area contributed by atoms with Gasteiger partial charge in [-0.1, -0.05) is 50.2 Å². The summed E-state index contributed by atoms with van der Waals surface area (Å²) >= 11 is 0. The van der Waals surface area contributed by atoms with Gasteiger partial charge in [-0.05, 0) is 50.7 Å². The lowest BCUT2D eigenvalue weighted by atomic mass is 9.95. The van der Waals surface area contributed by atoms with Gasteiger partial charge in [-0.2, -0.15) is 0 Å². The van der Waals surface area contributed by atoms with Gasteiger partial charge in [-0.3, -0.25) is 9.59 Å². The summed E-state index contributed by atoms with van der Waals surface area (Å²) < 4.78 is 11.1. The van der Waals surface area contributed by atoms with Crippen LogP contribution in [0.15, 0.2) is 54.1 Å². The molecule has 1 aliphatic heterocycles. The van der Waals surface area contributed by atoms with Crippen LogP contribution in [0.4, 0.5) is 0 Å². The lowest BCUT2D eigenvalue weighted by Crippen LogP contribution is -2.33. The van der Waals surface area contributed by atoms with Crippen LogP contribution in [0.5, 0.6) is 11.5 Å². The molecule has 7 nitrogen and oxygen atoms in total. The second-order valence-electron chi connectivity index (χ2n) is 8.08. The molecular formula is C27H34N2O5. The van der Waals surface area contributed by atoms with Gasteiger partial charge in [-0.15, -0.1) is 0 Å². The summed E-state index contributed by atoms with van der Waals surface area (Å²) in [5, 5.41) is 11.1. The number of hydrogen-bond acceptors (Lipinski definition) is 6. The van der Waals surface area contributed by atoms with Crippen molar-refractivity contribution in [1.29, 1.82) is 0 Å². The predicted octanol–water partition coefficient (Wildman–Crippen LogP) is 4.25. The molecule has 34 heavy (non-hydrogen) atoms. The Hall–Kier alpha value is -3.32. The Balaban J connectivity index is 2.07. The number of hydrogen-bond donors (Lipinski definition) is 1. The molecule has 0 bridgehead atoms. The fourth-order valence-electron chi connectivity index (χ4n) is 4.34. The fraction of sp³-hybridized carbons (Fsp3) is 0.407. The molecule has 3 rings (SSSR count). The molecule has 0 aromatic heterocycles. The molecular weight excluding hydrogens is 432 g/mol. The highest BCUT2D eigenvalue weighted by Crippen LogP contribution is 2.42. The van der Waals surface area contributed by atoms with E-state index in [1.807, 2.05) is 19.1 Å². The van der Waals surface area contributed by atoms with Crippen LogP contribution in [0, 0.1) is 0 Å². The van der Waals surface area contributed by atoms with E-state index in [1.54, 1.807) is 48.4 Å². The Bertz CT molecular complexity index is 1030. The van der Waals surface area contributed by atoms with Gasteiger partial charge < -0.3 is 24.4 Å². The number of methoxy groups -OCH3 is 1. The van der Waals surface area contributed by atoms with Crippen molar-refractivity contribution in [2.45, 2.75) is 33.2 Å². The van der Waals surface area contributed by atoms with Crippen molar-refractivity contribution in [1.82, 2.24) is 9.80 Å². The third-order valence-electron chi connectivity index (χ3n) is 6.16. The summed E-state index contributed by atoms with van der Waals surface area (Å²) in [5.41, 5.74) is 1.26. The molecule has 0 spiro atoms. The molecule has 1 N–H and O–H groups in total. The van der Waals surface area contributed by atoms with Crippen molar-refractivity contribution < 1.29 is 24.2 Å². The number of nitrogens with zero attached hydrogens (tertiary/aromatic N) is 2. The topological polar surface area (TPSA) is 79.3 Å². The van der Waals surface area contributed by atoms with E-state index in [4.69, 9.17) is 9.47 Å². The van der Waals surface area contributed by atoms with E-state index in [2.05, 4.69) is 18.7 Å². The molecule has 2 aromatic carbocycles. The van der Waals surface area contributed by atoms with E-state index in [9.17, 15) is 14.7 Å². The van der Waals surface area contributed by atoms with Crippen molar-refractivity contribution in [2.75, 3.05) is 39.9 Å². The van der Waals surface area contributed by atoms with Crippen LogP contribution in [-0.2, 0) is 9.59 Å². The Kier molecular flexibility index (Phi) is 8.71. The Morgan fingerprint density at radius 1 is 1.03 bits per heavy atom. The average Bonchev–Trinajstić information content (AvgIpc) is 3.12. The molecule has 1 fully saturated rings. The number of benzene rings is 2. The average molecular weight is 467 g/mol. The van der Waals surface area contributed by atoms with Crippen LogP contribution in [0.3, 0.4) is 0 Å². The van der Waals surface area contributed by atoms with Crippen molar-refractivity contribution in [3.63, 3.8) is 0 Å². The first-order valence-electron chi connectivity index (χ1n) is 11.8. The van der Waals surface area contributed by atoms with Crippen LogP contribution in [0.25, 0.3) is 5.76 Å². The smallest absolute Gasteiger partial charge is 0.295 e. The highest BCUT2D eigenvalue weighted by Gasteiger charge is 2.46. The second-order valence-corrected chi connectivity index (χ2v) is 8.08. The summed E-state index contributed by atoms with van der Waals surface area (Å²) in [6.45, 7) is 9.61. The van der Waals surface area contributed by atoms with E-state index >= 15 is 0 Å². The number of aliphatic hydroxyl groups excluding tert-OH is 1. The minimum absolute atomic E-state index is 0.0882. The number of ketones is 1. The van der Waals surface area contributed by atoms with E-state index in [-0.39, 0.29) is 11.3 Å². The normalized spacial score (nSPS) is 17.4. The number of likely N-dealkylation sites (tertiary alicyclic amines) is 1. The zero-order chi connectivity index (χ0) is 24.7. The van der Waals surface area contributed by atoms with E-state index < -0.39 is 17.7 Å². The number of carbonyl (C=O) groups excluding carboxylic acids is 2. The van der Waals surface area contributed by atoms with Gasteiger partial charge >= 0.3 is 0 Å². The second kappa shape index (κ2) is 11.7.